The Hall–Kier alpha value is -1.75. The van der Waals surface area contributed by atoms with Crippen molar-refractivity contribution in [3.63, 3.8) is 0 Å². The van der Waals surface area contributed by atoms with Crippen molar-refractivity contribution in [2.45, 2.75) is 32.5 Å². The monoisotopic (exact) mass is 292 g/mol. The van der Waals surface area contributed by atoms with E-state index in [9.17, 15) is 4.79 Å². The van der Waals surface area contributed by atoms with E-state index in [1.165, 1.54) is 0 Å². The van der Waals surface area contributed by atoms with E-state index in [0.29, 0.717) is 19.6 Å². The summed E-state index contributed by atoms with van der Waals surface area (Å²) >= 11 is 0. The molecule has 2 rings (SSSR count). The van der Waals surface area contributed by atoms with Crippen molar-refractivity contribution >= 4 is 6.03 Å². The zero-order chi connectivity index (χ0) is 15.2. The first-order valence-electron chi connectivity index (χ1n) is 7.40. The summed E-state index contributed by atoms with van der Waals surface area (Å²) in [5.41, 5.74) is 1.10. The molecule has 0 radical (unpaired) electrons. The molecule has 1 aromatic rings. The van der Waals surface area contributed by atoms with E-state index in [2.05, 4.69) is 5.32 Å². The average molecular weight is 292 g/mol. The van der Waals surface area contributed by atoms with Crippen LogP contribution in [0.5, 0.6) is 5.75 Å². The molecular formula is C16H24N2O3. The highest BCUT2D eigenvalue weighted by Gasteiger charge is 2.25. The van der Waals surface area contributed by atoms with E-state index in [1.807, 2.05) is 43.0 Å². The largest absolute Gasteiger partial charge is 0.496 e. The number of nitrogens with zero attached hydrogens (tertiary/aromatic N) is 1. The molecule has 5 nitrogen and oxygen atoms in total. The summed E-state index contributed by atoms with van der Waals surface area (Å²) in [6.45, 7) is 5.87. The van der Waals surface area contributed by atoms with Gasteiger partial charge < -0.3 is 19.7 Å². The molecule has 5 heteroatoms. The highest BCUT2D eigenvalue weighted by atomic mass is 16.5. The molecule has 1 N–H and O–H groups in total. The Labute approximate surface area is 126 Å². The van der Waals surface area contributed by atoms with Gasteiger partial charge in [-0.15, -0.1) is 0 Å². The summed E-state index contributed by atoms with van der Waals surface area (Å²) in [4.78, 5) is 14.0. The van der Waals surface area contributed by atoms with Crippen molar-refractivity contribution in [1.29, 1.82) is 0 Å². The highest BCUT2D eigenvalue weighted by molar-refractivity contribution is 5.74. The van der Waals surface area contributed by atoms with Gasteiger partial charge in [-0.3, -0.25) is 0 Å². The summed E-state index contributed by atoms with van der Waals surface area (Å²) in [6.07, 6.45) is 0.938. The van der Waals surface area contributed by atoms with Crippen LogP contribution in [-0.2, 0) is 11.2 Å². The van der Waals surface area contributed by atoms with Crippen molar-refractivity contribution in [3.05, 3.63) is 29.8 Å². The number of hydrogen-bond donors (Lipinski definition) is 1. The van der Waals surface area contributed by atoms with E-state index in [0.717, 1.165) is 17.7 Å². The molecule has 2 unspecified atom stereocenters. The number of benzene rings is 1. The van der Waals surface area contributed by atoms with Gasteiger partial charge in [-0.2, -0.15) is 0 Å². The molecule has 1 saturated heterocycles. The Morgan fingerprint density at radius 3 is 2.67 bits per heavy atom. The van der Waals surface area contributed by atoms with Gasteiger partial charge in [0.25, 0.3) is 0 Å². The summed E-state index contributed by atoms with van der Waals surface area (Å²) in [5.74, 6) is 0.861. The average Bonchev–Trinajstić information content (AvgIpc) is 2.46. The van der Waals surface area contributed by atoms with E-state index in [4.69, 9.17) is 9.47 Å². The minimum Gasteiger partial charge on any atom is -0.496 e. The Bertz CT molecular complexity index is 468. The number of ether oxygens (including phenoxy) is 2. The van der Waals surface area contributed by atoms with Gasteiger partial charge in [0.05, 0.1) is 19.3 Å². The fraction of sp³-hybridized carbons (Fsp3) is 0.562. The van der Waals surface area contributed by atoms with Crippen LogP contribution in [0.1, 0.15) is 19.4 Å². The summed E-state index contributed by atoms with van der Waals surface area (Å²) in [6, 6.07) is 7.85. The fourth-order valence-electron chi connectivity index (χ4n) is 2.67. The second-order valence-electron chi connectivity index (χ2n) is 5.46. The molecule has 1 fully saturated rings. The Morgan fingerprint density at radius 2 is 2.00 bits per heavy atom. The lowest BCUT2D eigenvalue weighted by Crippen LogP contribution is -2.51. The number of nitrogens with one attached hydrogen (secondary N) is 1. The molecule has 0 aliphatic carbocycles. The van der Waals surface area contributed by atoms with Crippen molar-refractivity contribution in [2.24, 2.45) is 0 Å². The topological polar surface area (TPSA) is 50.8 Å². The molecular weight excluding hydrogens is 268 g/mol. The summed E-state index contributed by atoms with van der Waals surface area (Å²) in [7, 11) is 1.66. The van der Waals surface area contributed by atoms with Crippen LogP contribution in [0.2, 0.25) is 0 Å². The maximum absolute atomic E-state index is 12.2. The van der Waals surface area contributed by atoms with Gasteiger partial charge >= 0.3 is 6.03 Å². The number of methoxy groups -OCH3 is 1. The van der Waals surface area contributed by atoms with Gasteiger partial charge in [0, 0.05) is 19.6 Å². The zero-order valence-electron chi connectivity index (χ0n) is 13.0. The summed E-state index contributed by atoms with van der Waals surface area (Å²) in [5, 5.41) is 2.97. The van der Waals surface area contributed by atoms with Gasteiger partial charge in [-0.25, -0.2) is 4.79 Å². The lowest BCUT2D eigenvalue weighted by atomic mass is 10.1. The predicted molar refractivity (Wildman–Crippen MR) is 81.7 cm³/mol. The van der Waals surface area contributed by atoms with Gasteiger partial charge in [-0.1, -0.05) is 18.2 Å². The second-order valence-corrected chi connectivity index (χ2v) is 5.46. The van der Waals surface area contributed by atoms with Gasteiger partial charge in [0.15, 0.2) is 0 Å². The molecule has 21 heavy (non-hydrogen) atoms. The normalized spacial score (nSPS) is 22.0. The molecule has 2 amide bonds. The van der Waals surface area contributed by atoms with Gasteiger partial charge in [-0.05, 0) is 31.9 Å². The number of hydrogen-bond acceptors (Lipinski definition) is 3. The van der Waals surface area contributed by atoms with E-state index in [-0.39, 0.29) is 18.2 Å². The lowest BCUT2D eigenvalue weighted by Gasteiger charge is -2.35. The van der Waals surface area contributed by atoms with E-state index >= 15 is 0 Å². The van der Waals surface area contributed by atoms with Crippen molar-refractivity contribution in [3.8, 4) is 5.75 Å². The van der Waals surface area contributed by atoms with Crippen LogP contribution >= 0.6 is 0 Å². The first-order valence-corrected chi connectivity index (χ1v) is 7.40. The fourth-order valence-corrected chi connectivity index (χ4v) is 2.67. The van der Waals surface area contributed by atoms with E-state index in [1.54, 1.807) is 7.11 Å². The third-order valence-electron chi connectivity index (χ3n) is 3.57. The summed E-state index contributed by atoms with van der Waals surface area (Å²) < 4.78 is 10.9. The number of para-hydroxylation sites is 1. The molecule has 0 spiro atoms. The van der Waals surface area contributed by atoms with Gasteiger partial charge in [0.2, 0.25) is 0 Å². The maximum atomic E-state index is 12.2. The van der Waals surface area contributed by atoms with Crippen molar-refractivity contribution in [1.82, 2.24) is 10.2 Å². The minimum absolute atomic E-state index is 0.0214. The van der Waals surface area contributed by atoms with Crippen LogP contribution in [0, 0.1) is 0 Å². The molecule has 0 bridgehead atoms. The molecule has 0 saturated carbocycles. The van der Waals surface area contributed by atoms with E-state index < -0.39 is 0 Å². The number of carbonyl (C=O) groups excluding carboxylic acids is 1. The number of amides is 2. The van der Waals surface area contributed by atoms with Gasteiger partial charge in [0.1, 0.15) is 5.75 Å². The first-order chi connectivity index (χ1) is 10.1. The Balaban J connectivity index is 1.81. The molecule has 1 aliphatic rings. The molecule has 2 atom stereocenters. The lowest BCUT2D eigenvalue weighted by molar-refractivity contribution is -0.0544. The van der Waals surface area contributed by atoms with Crippen LogP contribution in [-0.4, -0.2) is 49.9 Å². The highest BCUT2D eigenvalue weighted by Crippen LogP contribution is 2.17. The molecule has 1 aromatic carbocycles. The van der Waals surface area contributed by atoms with Crippen LogP contribution in [0.25, 0.3) is 0 Å². The maximum Gasteiger partial charge on any atom is 0.317 e. The Morgan fingerprint density at radius 1 is 1.33 bits per heavy atom. The van der Waals surface area contributed by atoms with Crippen molar-refractivity contribution in [2.75, 3.05) is 26.7 Å². The predicted octanol–water partition coefficient (Wildman–Crippen LogP) is 2.06. The molecule has 1 aliphatic heterocycles. The SMILES string of the molecule is COc1ccccc1CCNC(=O)N1CC(C)OC(C)C1. The van der Waals surface area contributed by atoms with Crippen LogP contribution < -0.4 is 10.1 Å². The number of morpholine rings is 1. The number of urea groups is 1. The Kier molecular flexibility index (Phi) is 5.44. The van der Waals surface area contributed by atoms with Crippen LogP contribution in [0.15, 0.2) is 24.3 Å². The van der Waals surface area contributed by atoms with Crippen molar-refractivity contribution < 1.29 is 14.3 Å². The standard InChI is InChI=1S/C16H24N2O3/c1-12-10-18(11-13(2)21-12)16(19)17-9-8-14-6-4-5-7-15(14)20-3/h4-7,12-13H,8-11H2,1-3H3,(H,17,19). The minimum atomic E-state index is -0.0214. The zero-order valence-corrected chi connectivity index (χ0v) is 13.0. The third-order valence-corrected chi connectivity index (χ3v) is 3.57. The molecule has 116 valence electrons. The van der Waals surface area contributed by atoms with Crippen LogP contribution in [0.4, 0.5) is 4.79 Å². The molecule has 0 aromatic heterocycles. The quantitative estimate of drug-likeness (QED) is 0.924. The third kappa shape index (κ3) is 4.36. The number of carbonyl (C=O) groups is 1. The van der Waals surface area contributed by atoms with Crippen LogP contribution in [0.3, 0.4) is 0 Å². The second kappa shape index (κ2) is 7.31. The molecule has 1 heterocycles. The number of rotatable bonds is 4. The smallest absolute Gasteiger partial charge is 0.317 e. The first kappa shape index (κ1) is 15.6.